The molecule has 1 heterocycles. The minimum atomic E-state index is -0.331. The maximum Gasteiger partial charge on any atom is 0.321 e. The molecular formula is C15H23N3O3. The van der Waals surface area contributed by atoms with Crippen LogP contribution in [0.15, 0.2) is 24.3 Å². The zero-order chi connectivity index (χ0) is 15.2. The zero-order valence-electron chi connectivity index (χ0n) is 12.6. The molecule has 0 bridgehead atoms. The van der Waals surface area contributed by atoms with Crippen molar-refractivity contribution < 1.29 is 14.6 Å². The Labute approximate surface area is 125 Å². The van der Waals surface area contributed by atoms with E-state index in [-0.39, 0.29) is 12.1 Å². The highest BCUT2D eigenvalue weighted by Gasteiger charge is 2.21. The number of ether oxygens (including phenoxy) is 1. The molecule has 0 aliphatic carbocycles. The standard InChI is InChI=1S/C15H23N3O3/c1-12(19)11-17-6-8-18(9-7-17)15(20)16-13-4-3-5-14(10-13)21-2/h3-5,10,12,19H,6-9,11H2,1-2H3,(H,16,20)/t12-/m1/s1. The number of hydrogen-bond acceptors (Lipinski definition) is 4. The Morgan fingerprint density at radius 3 is 2.71 bits per heavy atom. The fraction of sp³-hybridized carbons (Fsp3) is 0.533. The van der Waals surface area contributed by atoms with Crippen molar-refractivity contribution in [2.45, 2.75) is 13.0 Å². The largest absolute Gasteiger partial charge is 0.497 e. The average molecular weight is 293 g/mol. The lowest BCUT2D eigenvalue weighted by Gasteiger charge is -2.35. The van der Waals surface area contributed by atoms with Crippen molar-refractivity contribution in [3.63, 3.8) is 0 Å². The van der Waals surface area contributed by atoms with E-state index in [4.69, 9.17) is 4.74 Å². The summed E-state index contributed by atoms with van der Waals surface area (Å²) in [4.78, 5) is 16.2. The molecule has 1 aromatic carbocycles. The van der Waals surface area contributed by atoms with Gasteiger partial charge in [-0.3, -0.25) is 4.90 Å². The molecule has 0 radical (unpaired) electrons. The maximum absolute atomic E-state index is 12.2. The number of urea groups is 1. The molecule has 116 valence electrons. The van der Waals surface area contributed by atoms with Gasteiger partial charge in [0.2, 0.25) is 0 Å². The van der Waals surface area contributed by atoms with Gasteiger partial charge in [0.1, 0.15) is 5.75 Å². The smallest absolute Gasteiger partial charge is 0.321 e. The highest BCUT2D eigenvalue weighted by molar-refractivity contribution is 5.89. The van der Waals surface area contributed by atoms with Crippen LogP contribution in [0.2, 0.25) is 0 Å². The molecule has 21 heavy (non-hydrogen) atoms. The van der Waals surface area contributed by atoms with Crippen LogP contribution in [0.1, 0.15) is 6.92 Å². The summed E-state index contributed by atoms with van der Waals surface area (Å²) in [5, 5.41) is 12.3. The number of carbonyl (C=O) groups is 1. The molecule has 1 fully saturated rings. The number of rotatable bonds is 4. The molecule has 2 amide bonds. The number of nitrogens with one attached hydrogen (secondary N) is 1. The quantitative estimate of drug-likeness (QED) is 0.876. The molecule has 1 aliphatic heterocycles. The number of aliphatic hydroxyl groups excluding tert-OH is 1. The number of methoxy groups -OCH3 is 1. The topological polar surface area (TPSA) is 65.0 Å². The Morgan fingerprint density at radius 2 is 2.10 bits per heavy atom. The predicted molar refractivity (Wildman–Crippen MR) is 81.7 cm³/mol. The van der Waals surface area contributed by atoms with Gasteiger partial charge in [-0.2, -0.15) is 0 Å². The molecule has 0 spiro atoms. The van der Waals surface area contributed by atoms with Crippen LogP contribution in [0.3, 0.4) is 0 Å². The van der Waals surface area contributed by atoms with Crippen LogP contribution in [0, 0.1) is 0 Å². The summed E-state index contributed by atoms with van der Waals surface area (Å²) in [6.07, 6.45) is -0.331. The van der Waals surface area contributed by atoms with Gasteiger partial charge in [0, 0.05) is 44.5 Å². The minimum absolute atomic E-state index is 0.0973. The first kappa shape index (κ1) is 15.6. The summed E-state index contributed by atoms with van der Waals surface area (Å²) >= 11 is 0. The molecule has 6 nitrogen and oxygen atoms in total. The average Bonchev–Trinajstić information content (AvgIpc) is 2.47. The van der Waals surface area contributed by atoms with E-state index in [0.29, 0.717) is 19.6 Å². The molecule has 0 saturated carbocycles. The van der Waals surface area contributed by atoms with E-state index < -0.39 is 0 Å². The van der Waals surface area contributed by atoms with Crippen LogP contribution in [0.5, 0.6) is 5.75 Å². The van der Waals surface area contributed by atoms with E-state index >= 15 is 0 Å². The van der Waals surface area contributed by atoms with Gasteiger partial charge in [0.15, 0.2) is 0 Å². The van der Waals surface area contributed by atoms with E-state index in [9.17, 15) is 9.90 Å². The first-order chi connectivity index (χ1) is 10.1. The molecule has 2 rings (SSSR count). The fourth-order valence-electron chi connectivity index (χ4n) is 2.41. The SMILES string of the molecule is COc1cccc(NC(=O)N2CCN(C[C@@H](C)O)CC2)c1. The minimum Gasteiger partial charge on any atom is -0.497 e. The van der Waals surface area contributed by atoms with Crippen molar-refractivity contribution in [2.75, 3.05) is 45.2 Å². The number of hydrogen-bond donors (Lipinski definition) is 2. The Bertz CT molecular complexity index is 471. The van der Waals surface area contributed by atoms with Gasteiger partial charge in [0.05, 0.1) is 13.2 Å². The van der Waals surface area contributed by atoms with Gasteiger partial charge in [-0.15, -0.1) is 0 Å². The molecule has 1 atom stereocenters. The highest BCUT2D eigenvalue weighted by atomic mass is 16.5. The summed E-state index contributed by atoms with van der Waals surface area (Å²) < 4.78 is 5.14. The number of β-amino-alcohol motifs (C(OH)–C–C–N with tert-alkyl or cyclic N) is 1. The predicted octanol–water partition coefficient (Wildman–Crippen LogP) is 1.23. The molecule has 1 saturated heterocycles. The summed E-state index contributed by atoms with van der Waals surface area (Å²) in [7, 11) is 1.60. The van der Waals surface area contributed by atoms with Crippen molar-refractivity contribution in [1.82, 2.24) is 9.80 Å². The van der Waals surface area contributed by atoms with Crippen LogP contribution < -0.4 is 10.1 Å². The Balaban J connectivity index is 1.84. The second-order valence-corrected chi connectivity index (χ2v) is 5.30. The van der Waals surface area contributed by atoms with E-state index in [2.05, 4.69) is 10.2 Å². The van der Waals surface area contributed by atoms with Gasteiger partial charge in [-0.25, -0.2) is 4.79 Å². The lowest BCUT2D eigenvalue weighted by Crippen LogP contribution is -2.51. The third kappa shape index (κ3) is 4.61. The summed E-state index contributed by atoms with van der Waals surface area (Å²) in [6.45, 7) is 5.35. The molecular weight excluding hydrogens is 270 g/mol. The second kappa shape index (κ2) is 7.28. The van der Waals surface area contributed by atoms with E-state index in [1.165, 1.54) is 0 Å². The number of nitrogens with zero attached hydrogens (tertiary/aromatic N) is 2. The van der Waals surface area contributed by atoms with Crippen molar-refractivity contribution >= 4 is 11.7 Å². The Morgan fingerprint density at radius 1 is 1.38 bits per heavy atom. The van der Waals surface area contributed by atoms with E-state index in [1.807, 2.05) is 18.2 Å². The lowest BCUT2D eigenvalue weighted by molar-refractivity contribution is 0.0924. The number of piperazine rings is 1. The molecule has 1 aromatic rings. The first-order valence-electron chi connectivity index (χ1n) is 7.19. The van der Waals surface area contributed by atoms with Crippen molar-refractivity contribution in [3.8, 4) is 5.75 Å². The Hall–Kier alpha value is -1.79. The number of carbonyl (C=O) groups excluding carboxylic acids is 1. The van der Waals surface area contributed by atoms with E-state index in [1.54, 1.807) is 25.0 Å². The highest BCUT2D eigenvalue weighted by Crippen LogP contribution is 2.17. The molecule has 0 unspecified atom stereocenters. The van der Waals surface area contributed by atoms with Crippen molar-refractivity contribution in [3.05, 3.63) is 24.3 Å². The summed E-state index contributed by atoms with van der Waals surface area (Å²) in [5.74, 6) is 0.717. The fourth-order valence-corrected chi connectivity index (χ4v) is 2.41. The van der Waals surface area contributed by atoms with Crippen LogP contribution in [-0.2, 0) is 0 Å². The van der Waals surface area contributed by atoms with Gasteiger partial charge in [-0.05, 0) is 19.1 Å². The monoisotopic (exact) mass is 293 g/mol. The lowest BCUT2D eigenvalue weighted by atomic mass is 10.3. The van der Waals surface area contributed by atoms with Crippen LogP contribution in [0.25, 0.3) is 0 Å². The first-order valence-corrected chi connectivity index (χ1v) is 7.19. The van der Waals surface area contributed by atoms with Gasteiger partial charge in [0.25, 0.3) is 0 Å². The maximum atomic E-state index is 12.2. The third-order valence-electron chi connectivity index (χ3n) is 3.50. The molecule has 1 aliphatic rings. The van der Waals surface area contributed by atoms with Gasteiger partial charge in [-0.1, -0.05) is 6.07 Å². The summed E-state index contributed by atoms with van der Waals surface area (Å²) in [6, 6.07) is 7.21. The van der Waals surface area contributed by atoms with Crippen LogP contribution >= 0.6 is 0 Å². The van der Waals surface area contributed by atoms with Crippen LogP contribution in [-0.4, -0.2) is 66.9 Å². The third-order valence-corrected chi connectivity index (χ3v) is 3.50. The number of aliphatic hydroxyl groups is 1. The molecule has 2 N–H and O–H groups in total. The van der Waals surface area contributed by atoms with Crippen molar-refractivity contribution in [2.24, 2.45) is 0 Å². The normalized spacial score (nSPS) is 17.4. The number of amides is 2. The van der Waals surface area contributed by atoms with E-state index in [0.717, 1.165) is 24.5 Å². The molecule has 0 aromatic heterocycles. The van der Waals surface area contributed by atoms with Gasteiger partial charge < -0.3 is 20.1 Å². The summed E-state index contributed by atoms with van der Waals surface area (Å²) in [5.41, 5.74) is 0.728. The molecule has 6 heteroatoms. The van der Waals surface area contributed by atoms with Crippen LogP contribution in [0.4, 0.5) is 10.5 Å². The second-order valence-electron chi connectivity index (χ2n) is 5.30. The number of benzene rings is 1. The van der Waals surface area contributed by atoms with Gasteiger partial charge >= 0.3 is 6.03 Å². The number of anilines is 1. The Kier molecular flexibility index (Phi) is 5.41. The van der Waals surface area contributed by atoms with Crippen molar-refractivity contribution in [1.29, 1.82) is 0 Å². The zero-order valence-corrected chi connectivity index (χ0v) is 12.6.